The van der Waals surface area contributed by atoms with Crippen molar-refractivity contribution in [2.45, 2.75) is 6.92 Å². The number of aryl methyl sites for hydroxylation is 1. The number of aromatic nitrogens is 2. The van der Waals surface area contributed by atoms with E-state index in [4.69, 9.17) is 0 Å². The minimum atomic E-state index is 0.919. The van der Waals surface area contributed by atoms with E-state index in [9.17, 15) is 0 Å². The summed E-state index contributed by atoms with van der Waals surface area (Å²) in [7, 11) is 1.87. The van der Waals surface area contributed by atoms with Crippen LogP contribution < -0.4 is 5.32 Å². The molecule has 2 rings (SSSR count). The van der Waals surface area contributed by atoms with Crippen LogP contribution in [-0.2, 0) is 0 Å². The molecule has 2 heterocycles. The second-order valence-corrected chi connectivity index (χ2v) is 4.03. The average Bonchev–Trinajstić information content (AvgIpc) is 2.67. The minimum Gasteiger partial charge on any atom is -0.365 e. The summed E-state index contributed by atoms with van der Waals surface area (Å²) >= 11 is 1.61. The second kappa shape index (κ2) is 3.75. The molecule has 14 heavy (non-hydrogen) atoms. The summed E-state index contributed by atoms with van der Waals surface area (Å²) in [5, 5.41) is 3.93. The van der Waals surface area contributed by atoms with E-state index < -0.39 is 0 Å². The Kier molecular flexibility index (Phi) is 2.45. The molecule has 0 aliphatic heterocycles. The third kappa shape index (κ3) is 1.75. The Morgan fingerprint density at radius 1 is 1.21 bits per heavy atom. The molecule has 0 aliphatic rings. The first-order valence-electron chi connectivity index (χ1n) is 4.36. The van der Waals surface area contributed by atoms with Gasteiger partial charge in [-0.15, -0.1) is 0 Å². The van der Waals surface area contributed by atoms with Crippen LogP contribution in [0.15, 0.2) is 24.5 Å². The number of rotatable bonds is 2. The van der Waals surface area contributed by atoms with E-state index in [1.165, 1.54) is 5.56 Å². The van der Waals surface area contributed by atoms with Crippen molar-refractivity contribution >= 4 is 16.5 Å². The highest BCUT2D eigenvalue weighted by atomic mass is 32.1. The molecule has 1 N–H and O–H groups in total. The maximum atomic E-state index is 4.34. The zero-order valence-corrected chi connectivity index (χ0v) is 8.93. The van der Waals surface area contributed by atoms with Gasteiger partial charge in [0.15, 0.2) is 5.13 Å². The molecule has 2 aromatic heterocycles. The Bertz CT molecular complexity index is 419. The Hall–Kier alpha value is -1.42. The van der Waals surface area contributed by atoms with Gasteiger partial charge in [0.25, 0.3) is 0 Å². The molecule has 3 nitrogen and oxygen atoms in total. The van der Waals surface area contributed by atoms with Crippen molar-refractivity contribution in [1.29, 1.82) is 0 Å². The molecule has 0 aromatic carbocycles. The van der Waals surface area contributed by atoms with Crippen molar-refractivity contribution < 1.29 is 0 Å². The van der Waals surface area contributed by atoms with Gasteiger partial charge >= 0.3 is 0 Å². The van der Waals surface area contributed by atoms with Crippen molar-refractivity contribution in [3.8, 4) is 10.6 Å². The number of nitrogens with one attached hydrogen (secondary N) is 1. The SMILES string of the molecule is CNc1ncc(-c2ccc(C)cn2)s1. The van der Waals surface area contributed by atoms with Crippen molar-refractivity contribution in [3.63, 3.8) is 0 Å². The summed E-state index contributed by atoms with van der Waals surface area (Å²) in [6.45, 7) is 2.03. The fraction of sp³-hybridized carbons (Fsp3) is 0.200. The van der Waals surface area contributed by atoms with Crippen LogP contribution in [0.1, 0.15) is 5.56 Å². The fourth-order valence-corrected chi connectivity index (χ4v) is 1.87. The Labute approximate surface area is 86.8 Å². The highest BCUT2D eigenvalue weighted by Crippen LogP contribution is 2.26. The summed E-state index contributed by atoms with van der Waals surface area (Å²) < 4.78 is 0. The summed E-state index contributed by atoms with van der Waals surface area (Å²) in [5.74, 6) is 0. The first-order valence-corrected chi connectivity index (χ1v) is 5.18. The monoisotopic (exact) mass is 205 g/mol. The smallest absolute Gasteiger partial charge is 0.182 e. The summed E-state index contributed by atoms with van der Waals surface area (Å²) in [5.41, 5.74) is 2.15. The number of anilines is 1. The molecule has 0 saturated carbocycles. The number of pyridine rings is 1. The molecular weight excluding hydrogens is 194 g/mol. The Morgan fingerprint density at radius 2 is 2.07 bits per heavy atom. The van der Waals surface area contributed by atoms with Crippen LogP contribution in [0.4, 0.5) is 5.13 Å². The summed E-state index contributed by atoms with van der Waals surface area (Å²) in [6, 6.07) is 4.07. The van der Waals surface area contributed by atoms with Gasteiger partial charge in [-0.2, -0.15) is 0 Å². The van der Waals surface area contributed by atoms with E-state index >= 15 is 0 Å². The molecular formula is C10H11N3S. The van der Waals surface area contributed by atoms with E-state index in [-0.39, 0.29) is 0 Å². The molecule has 0 saturated heterocycles. The topological polar surface area (TPSA) is 37.8 Å². The number of thiazole rings is 1. The van der Waals surface area contributed by atoms with Crippen LogP contribution in [0.5, 0.6) is 0 Å². The number of hydrogen-bond acceptors (Lipinski definition) is 4. The zero-order chi connectivity index (χ0) is 9.97. The van der Waals surface area contributed by atoms with Gasteiger partial charge < -0.3 is 5.32 Å². The second-order valence-electron chi connectivity index (χ2n) is 3.00. The lowest BCUT2D eigenvalue weighted by Gasteiger charge is -1.95. The van der Waals surface area contributed by atoms with Crippen molar-refractivity contribution in [2.24, 2.45) is 0 Å². The third-order valence-electron chi connectivity index (χ3n) is 1.88. The van der Waals surface area contributed by atoms with Crippen LogP contribution in [0.3, 0.4) is 0 Å². The first-order chi connectivity index (χ1) is 6.79. The molecule has 72 valence electrons. The fourth-order valence-electron chi connectivity index (χ4n) is 1.12. The van der Waals surface area contributed by atoms with E-state index in [0.29, 0.717) is 0 Å². The highest BCUT2D eigenvalue weighted by molar-refractivity contribution is 7.18. The van der Waals surface area contributed by atoms with E-state index in [1.54, 1.807) is 11.3 Å². The predicted octanol–water partition coefficient (Wildman–Crippen LogP) is 2.56. The van der Waals surface area contributed by atoms with Crippen LogP contribution in [-0.4, -0.2) is 17.0 Å². The van der Waals surface area contributed by atoms with E-state index in [0.717, 1.165) is 15.7 Å². The van der Waals surface area contributed by atoms with Gasteiger partial charge in [0.1, 0.15) is 0 Å². The van der Waals surface area contributed by atoms with Gasteiger partial charge in [-0.25, -0.2) is 4.98 Å². The minimum absolute atomic E-state index is 0.919. The molecule has 4 heteroatoms. The molecule has 2 aromatic rings. The predicted molar refractivity (Wildman–Crippen MR) is 59.6 cm³/mol. The van der Waals surface area contributed by atoms with Gasteiger partial charge in [-0.05, 0) is 18.6 Å². The van der Waals surface area contributed by atoms with Crippen molar-refractivity contribution in [3.05, 3.63) is 30.1 Å². The molecule has 0 amide bonds. The molecule has 0 radical (unpaired) electrons. The molecule has 0 spiro atoms. The van der Waals surface area contributed by atoms with Crippen LogP contribution in [0.25, 0.3) is 10.6 Å². The molecule has 0 atom stereocenters. The number of hydrogen-bond donors (Lipinski definition) is 1. The van der Waals surface area contributed by atoms with Crippen molar-refractivity contribution in [1.82, 2.24) is 9.97 Å². The van der Waals surface area contributed by atoms with Crippen LogP contribution >= 0.6 is 11.3 Å². The molecule has 0 unspecified atom stereocenters. The van der Waals surface area contributed by atoms with Gasteiger partial charge in [0.05, 0.1) is 10.6 Å². The summed E-state index contributed by atoms with van der Waals surface area (Å²) in [4.78, 5) is 9.63. The number of nitrogens with zero attached hydrogens (tertiary/aromatic N) is 2. The standard InChI is InChI=1S/C10H11N3S/c1-7-3-4-8(12-5-7)9-6-13-10(11-2)14-9/h3-6H,1-2H3,(H,11,13). The maximum Gasteiger partial charge on any atom is 0.182 e. The quantitative estimate of drug-likeness (QED) is 0.818. The van der Waals surface area contributed by atoms with Crippen LogP contribution in [0, 0.1) is 6.92 Å². The van der Waals surface area contributed by atoms with Gasteiger partial charge in [0, 0.05) is 19.4 Å². The van der Waals surface area contributed by atoms with Gasteiger partial charge in [-0.1, -0.05) is 17.4 Å². The third-order valence-corrected chi connectivity index (χ3v) is 2.92. The Balaban J connectivity index is 2.34. The first kappa shape index (κ1) is 9.15. The molecule has 0 fully saturated rings. The largest absolute Gasteiger partial charge is 0.365 e. The Morgan fingerprint density at radius 3 is 2.64 bits per heavy atom. The maximum absolute atomic E-state index is 4.34. The van der Waals surface area contributed by atoms with Crippen LogP contribution in [0.2, 0.25) is 0 Å². The lowest BCUT2D eigenvalue weighted by molar-refractivity contribution is 1.27. The normalized spacial score (nSPS) is 10.1. The van der Waals surface area contributed by atoms with Gasteiger partial charge in [-0.3, -0.25) is 4.98 Å². The average molecular weight is 205 g/mol. The van der Waals surface area contributed by atoms with Crippen molar-refractivity contribution in [2.75, 3.05) is 12.4 Å². The summed E-state index contributed by atoms with van der Waals surface area (Å²) in [6.07, 6.45) is 3.71. The van der Waals surface area contributed by atoms with Gasteiger partial charge in [0.2, 0.25) is 0 Å². The lowest BCUT2D eigenvalue weighted by atomic mass is 10.2. The van der Waals surface area contributed by atoms with E-state index in [2.05, 4.69) is 21.4 Å². The zero-order valence-electron chi connectivity index (χ0n) is 8.11. The lowest BCUT2D eigenvalue weighted by Crippen LogP contribution is -1.83. The highest BCUT2D eigenvalue weighted by Gasteiger charge is 2.03. The molecule has 0 aliphatic carbocycles. The van der Waals surface area contributed by atoms with E-state index in [1.807, 2.05) is 32.4 Å². The molecule has 0 bridgehead atoms.